The van der Waals surface area contributed by atoms with Crippen LogP contribution in [0.25, 0.3) is 0 Å². The van der Waals surface area contributed by atoms with Gasteiger partial charge in [-0.05, 0) is 48.5 Å². The van der Waals surface area contributed by atoms with Gasteiger partial charge in [-0.3, -0.25) is 0 Å². The van der Waals surface area contributed by atoms with Crippen molar-refractivity contribution in [2.24, 2.45) is 0 Å². The zero-order valence-electron chi connectivity index (χ0n) is 10.4. The van der Waals surface area contributed by atoms with Crippen molar-refractivity contribution in [3.05, 3.63) is 48.5 Å². The second kappa shape index (κ2) is 5.19. The summed E-state index contributed by atoms with van der Waals surface area (Å²) in [7, 11) is 2.34. The maximum Gasteiger partial charge on any atom is 0.415 e. The van der Waals surface area contributed by atoms with Gasteiger partial charge in [-0.2, -0.15) is 0 Å². The van der Waals surface area contributed by atoms with Crippen LogP contribution in [0.3, 0.4) is 0 Å². The number of anilines is 1. The summed E-state index contributed by atoms with van der Waals surface area (Å²) in [6.45, 7) is 0. The summed E-state index contributed by atoms with van der Waals surface area (Å²) in [5.41, 5.74) is 1.08. The molecular weight excluding hydrogens is 245 g/mol. The molecule has 2 aromatic rings. The number of aromatic hydroxyl groups is 1. The molecule has 0 saturated carbocycles. The molecule has 92 valence electrons. The fraction of sp³-hybridized carbons (Fsp3) is 0.143. The lowest BCUT2D eigenvalue weighted by Crippen LogP contribution is -2.11. The minimum atomic E-state index is -1.59. The average Bonchev–Trinajstić information content (AvgIpc) is 2.39. The van der Waals surface area contributed by atoms with Crippen LogP contribution in [0.2, 0.25) is 0 Å². The van der Waals surface area contributed by atoms with Crippen LogP contribution in [0.15, 0.2) is 48.5 Å². The summed E-state index contributed by atoms with van der Waals surface area (Å²) >= 11 is 0. The Morgan fingerprint density at radius 3 is 1.78 bits per heavy atom. The molecule has 0 spiro atoms. The van der Waals surface area contributed by atoms with Gasteiger partial charge >= 0.3 is 7.80 Å². The first kappa shape index (κ1) is 12.6. The fourth-order valence-corrected chi connectivity index (χ4v) is 2.76. The van der Waals surface area contributed by atoms with Gasteiger partial charge in [0.05, 0.1) is 0 Å². The SMILES string of the molecule is CN(C)c1ccc([P+](=O)c2ccc(O)cc2)cc1. The normalized spacial score (nSPS) is 11.1. The molecule has 3 nitrogen and oxygen atoms in total. The number of hydrogen-bond acceptors (Lipinski definition) is 3. The maximum atomic E-state index is 12.3. The van der Waals surface area contributed by atoms with E-state index in [0.29, 0.717) is 0 Å². The van der Waals surface area contributed by atoms with Crippen LogP contribution in [0.1, 0.15) is 0 Å². The minimum Gasteiger partial charge on any atom is -0.508 e. The molecule has 18 heavy (non-hydrogen) atoms. The van der Waals surface area contributed by atoms with Gasteiger partial charge in [-0.1, -0.05) is 4.57 Å². The van der Waals surface area contributed by atoms with Crippen molar-refractivity contribution in [2.45, 2.75) is 0 Å². The van der Waals surface area contributed by atoms with Crippen LogP contribution in [-0.4, -0.2) is 19.2 Å². The number of rotatable bonds is 3. The summed E-state index contributed by atoms with van der Waals surface area (Å²) < 4.78 is 12.3. The second-order valence-corrected chi connectivity index (χ2v) is 5.84. The lowest BCUT2D eigenvalue weighted by atomic mass is 10.3. The average molecular weight is 260 g/mol. The monoisotopic (exact) mass is 260 g/mol. The molecule has 4 heteroatoms. The van der Waals surface area contributed by atoms with Crippen molar-refractivity contribution in [1.82, 2.24) is 0 Å². The Labute approximate surface area is 107 Å². The molecule has 0 fully saturated rings. The topological polar surface area (TPSA) is 40.5 Å². The Kier molecular flexibility index (Phi) is 3.63. The van der Waals surface area contributed by atoms with Crippen molar-refractivity contribution >= 4 is 24.1 Å². The van der Waals surface area contributed by atoms with Gasteiger partial charge in [0.25, 0.3) is 0 Å². The quantitative estimate of drug-likeness (QED) is 0.860. The molecule has 0 aliphatic carbocycles. The predicted octanol–water partition coefficient (Wildman–Crippen LogP) is 2.24. The zero-order chi connectivity index (χ0) is 13.1. The number of nitrogens with zero attached hydrogens (tertiary/aromatic N) is 1. The van der Waals surface area contributed by atoms with E-state index in [1.807, 2.05) is 43.3 Å². The molecule has 0 aliphatic rings. The van der Waals surface area contributed by atoms with Crippen LogP contribution in [-0.2, 0) is 4.57 Å². The predicted molar refractivity (Wildman–Crippen MR) is 75.8 cm³/mol. The van der Waals surface area contributed by atoms with E-state index in [4.69, 9.17) is 0 Å². The summed E-state index contributed by atoms with van der Waals surface area (Å²) in [5, 5.41) is 10.7. The van der Waals surface area contributed by atoms with Crippen LogP contribution in [0.5, 0.6) is 5.75 Å². The molecule has 0 heterocycles. The molecule has 0 saturated heterocycles. The van der Waals surface area contributed by atoms with E-state index in [0.717, 1.165) is 16.3 Å². The van der Waals surface area contributed by atoms with Gasteiger partial charge in [0.1, 0.15) is 5.75 Å². The van der Waals surface area contributed by atoms with Crippen LogP contribution < -0.4 is 15.5 Å². The van der Waals surface area contributed by atoms with E-state index in [1.165, 1.54) is 0 Å². The van der Waals surface area contributed by atoms with E-state index >= 15 is 0 Å². The molecule has 0 bridgehead atoms. The highest BCUT2D eigenvalue weighted by atomic mass is 31.1. The lowest BCUT2D eigenvalue weighted by Gasteiger charge is -2.10. The summed E-state index contributed by atoms with van der Waals surface area (Å²) in [5.74, 6) is 0.185. The van der Waals surface area contributed by atoms with Gasteiger partial charge in [0.2, 0.25) is 0 Å². The first-order chi connectivity index (χ1) is 8.58. The molecule has 1 unspecified atom stereocenters. The molecule has 1 atom stereocenters. The molecule has 0 aromatic heterocycles. The van der Waals surface area contributed by atoms with Crippen LogP contribution in [0, 0.1) is 0 Å². The fourth-order valence-electron chi connectivity index (χ4n) is 1.62. The third-order valence-electron chi connectivity index (χ3n) is 2.68. The summed E-state index contributed by atoms with van der Waals surface area (Å²) in [6, 6.07) is 14.1. The number of phenols is 1. The van der Waals surface area contributed by atoms with Crippen molar-refractivity contribution in [3.8, 4) is 5.75 Å². The minimum absolute atomic E-state index is 0.185. The van der Waals surface area contributed by atoms with E-state index in [2.05, 4.69) is 0 Å². The summed E-state index contributed by atoms with van der Waals surface area (Å²) in [4.78, 5) is 2.00. The summed E-state index contributed by atoms with van der Waals surface area (Å²) in [6.07, 6.45) is 0. The Hall–Kier alpha value is -1.86. The number of phenolic OH excluding ortho intramolecular Hbond substituents is 1. The van der Waals surface area contributed by atoms with Gasteiger partial charge in [0.15, 0.2) is 10.6 Å². The highest BCUT2D eigenvalue weighted by molar-refractivity contribution is 7.61. The largest absolute Gasteiger partial charge is 0.508 e. The second-order valence-electron chi connectivity index (χ2n) is 4.22. The van der Waals surface area contributed by atoms with E-state index in [-0.39, 0.29) is 5.75 Å². The van der Waals surface area contributed by atoms with E-state index < -0.39 is 7.80 Å². The molecule has 0 aliphatic heterocycles. The standard InChI is InChI=1S/C14H14NO2P/c1-15(2)11-3-7-13(8-4-11)18(17)14-9-5-12(16)6-10-14/h3-10H,1-2H3/p+1. The molecule has 2 rings (SSSR count). The van der Waals surface area contributed by atoms with E-state index in [1.54, 1.807) is 24.3 Å². The van der Waals surface area contributed by atoms with Gasteiger partial charge in [0, 0.05) is 19.8 Å². The van der Waals surface area contributed by atoms with Crippen molar-refractivity contribution in [3.63, 3.8) is 0 Å². The number of benzene rings is 2. The molecule has 1 N–H and O–H groups in total. The third kappa shape index (κ3) is 2.69. The Bertz CT molecular complexity index is 547. The maximum absolute atomic E-state index is 12.3. The van der Waals surface area contributed by atoms with Crippen molar-refractivity contribution in [2.75, 3.05) is 19.0 Å². The lowest BCUT2D eigenvalue weighted by molar-refractivity contribution is 0.475. The third-order valence-corrected chi connectivity index (χ3v) is 4.22. The van der Waals surface area contributed by atoms with Gasteiger partial charge < -0.3 is 10.0 Å². The molecule has 0 radical (unpaired) electrons. The zero-order valence-corrected chi connectivity index (χ0v) is 11.3. The van der Waals surface area contributed by atoms with Crippen LogP contribution >= 0.6 is 7.80 Å². The first-order valence-corrected chi connectivity index (χ1v) is 6.87. The van der Waals surface area contributed by atoms with Gasteiger partial charge in [-0.15, -0.1) is 0 Å². The molecule has 2 aromatic carbocycles. The Balaban J connectivity index is 2.26. The number of hydrogen-bond donors (Lipinski definition) is 1. The Morgan fingerprint density at radius 2 is 1.33 bits per heavy atom. The first-order valence-electron chi connectivity index (χ1n) is 5.61. The van der Waals surface area contributed by atoms with Crippen molar-refractivity contribution < 1.29 is 9.67 Å². The molecular formula is C14H15NO2P+. The highest BCUT2D eigenvalue weighted by Crippen LogP contribution is 2.22. The van der Waals surface area contributed by atoms with E-state index in [9.17, 15) is 9.67 Å². The van der Waals surface area contributed by atoms with Crippen molar-refractivity contribution in [1.29, 1.82) is 0 Å². The Morgan fingerprint density at radius 1 is 0.889 bits per heavy atom. The smallest absolute Gasteiger partial charge is 0.415 e. The van der Waals surface area contributed by atoms with Crippen LogP contribution in [0.4, 0.5) is 5.69 Å². The highest BCUT2D eigenvalue weighted by Gasteiger charge is 2.23. The molecule has 0 amide bonds. The van der Waals surface area contributed by atoms with Gasteiger partial charge in [-0.25, -0.2) is 0 Å².